The first kappa shape index (κ1) is 11.6. The standard InChI is InChI=1S/C12H12BrFO2/c1-11(14)6-12(7-11,10(15)16)8-2-4-9(13)5-3-8/h2-5H,6-7H2,1H3,(H,15,16). The first-order chi connectivity index (χ1) is 7.36. The van der Waals surface area contributed by atoms with Crippen LogP contribution in [0, 0.1) is 0 Å². The third-order valence-corrected chi connectivity index (χ3v) is 3.68. The Kier molecular flexibility index (Phi) is 2.57. The van der Waals surface area contributed by atoms with Crippen molar-refractivity contribution in [2.24, 2.45) is 0 Å². The summed E-state index contributed by atoms with van der Waals surface area (Å²) in [6, 6.07) is 7.06. The zero-order valence-electron chi connectivity index (χ0n) is 8.84. The van der Waals surface area contributed by atoms with Crippen molar-refractivity contribution in [2.45, 2.75) is 30.8 Å². The summed E-state index contributed by atoms with van der Waals surface area (Å²) in [7, 11) is 0. The van der Waals surface area contributed by atoms with Gasteiger partial charge < -0.3 is 5.11 Å². The van der Waals surface area contributed by atoms with Crippen molar-refractivity contribution in [3.8, 4) is 0 Å². The largest absolute Gasteiger partial charge is 0.481 e. The molecule has 86 valence electrons. The smallest absolute Gasteiger partial charge is 0.314 e. The highest BCUT2D eigenvalue weighted by molar-refractivity contribution is 9.10. The summed E-state index contributed by atoms with van der Waals surface area (Å²) in [6.45, 7) is 1.45. The second-order valence-electron chi connectivity index (χ2n) is 4.66. The highest BCUT2D eigenvalue weighted by Gasteiger charge is 2.58. The maximum atomic E-state index is 13.6. The maximum absolute atomic E-state index is 13.6. The van der Waals surface area contributed by atoms with Gasteiger partial charge in [-0.25, -0.2) is 4.39 Å². The van der Waals surface area contributed by atoms with Crippen LogP contribution in [0.25, 0.3) is 0 Å². The van der Waals surface area contributed by atoms with Gasteiger partial charge in [0, 0.05) is 17.3 Å². The molecule has 1 saturated carbocycles. The van der Waals surface area contributed by atoms with Crippen LogP contribution in [0.2, 0.25) is 0 Å². The summed E-state index contributed by atoms with van der Waals surface area (Å²) in [6.07, 6.45) is 0.105. The molecule has 1 aromatic rings. The molecule has 0 aromatic heterocycles. The molecular weight excluding hydrogens is 275 g/mol. The van der Waals surface area contributed by atoms with Crippen molar-refractivity contribution in [2.75, 3.05) is 0 Å². The molecule has 0 atom stereocenters. The van der Waals surface area contributed by atoms with Gasteiger partial charge in [0.15, 0.2) is 0 Å². The van der Waals surface area contributed by atoms with Crippen molar-refractivity contribution in [1.29, 1.82) is 0 Å². The number of carboxylic acids is 1. The first-order valence-corrected chi connectivity index (χ1v) is 5.83. The van der Waals surface area contributed by atoms with Gasteiger partial charge in [0.1, 0.15) is 5.67 Å². The lowest BCUT2D eigenvalue weighted by Crippen LogP contribution is -2.55. The Hall–Kier alpha value is -0.900. The van der Waals surface area contributed by atoms with Gasteiger partial charge in [0.25, 0.3) is 0 Å². The topological polar surface area (TPSA) is 37.3 Å². The van der Waals surface area contributed by atoms with E-state index in [4.69, 9.17) is 0 Å². The van der Waals surface area contributed by atoms with Gasteiger partial charge in [-0.15, -0.1) is 0 Å². The maximum Gasteiger partial charge on any atom is 0.314 e. The number of benzene rings is 1. The van der Waals surface area contributed by atoms with Crippen LogP contribution in [0.4, 0.5) is 4.39 Å². The molecule has 1 aliphatic carbocycles. The Morgan fingerprint density at radius 3 is 2.25 bits per heavy atom. The normalized spacial score (nSPS) is 33.2. The predicted molar refractivity (Wildman–Crippen MR) is 62.2 cm³/mol. The van der Waals surface area contributed by atoms with Crippen LogP contribution in [0.1, 0.15) is 25.3 Å². The van der Waals surface area contributed by atoms with Gasteiger partial charge in [0.2, 0.25) is 0 Å². The van der Waals surface area contributed by atoms with Crippen molar-refractivity contribution >= 4 is 21.9 Å². The van der Waals surface area contributed by atoms with Crippen molar-refractivity contribution in [1.82, 2.24) is 0 Å². The summed E-state index contributed by atoms with van der Waals surface area (Å²) >= 11 is 3.29. The second-order valence-corrected chi connectivity index (χ2v) is 5.58. The summed E-state index contributed by atoms with van der Waals surface area (Å²) < 4.78 is 14.4. The molecule has 0 amide bonds. The monoisotopic (exact) mass is 286 g/mol. The zero-order valence-corrected chi connectivity index (χ0v) is 10.4. The van der Waals surface area contributed by atoms with E-state index in [2.05, 4.69) is 15.9 Å². The molecule has 0 spiro atoms. The molecule has 0 radical (unpaired) electrons. The molecule has 0 saturated heterocycles. The van der Waals surface area contributed by atoms with E-state index in [1.807, 2.05) is 0 Å². The lowest BCUT2D eigenvalue weighted by Gasteiger charge is -2.47. The van der Waals surface area contributed by atoms with E-state index in [0.29, 0.717) is 5.56 Å². The van der Waals surface area contributed by atoms with E-state index in [9.17, 15) is 14.3 Å². The lowest BCUT2D eigenvalue weighted by molar-refractivity contribution is -0.155. The van der Waals surface area contributed by atoms with Crippen molar-refractivity contribution in [3.05, 3.63) is 34.3 Å². The predicted octanol–water partition coefficient (Wildman–Crippen LogP) is 3.29. The Morgan fingerprint density at radius 2 is 1.88 bits per heavy atom. The highest BCUT2D eigenvalue weighted by Crippen LogP contribution is 2.52. The fraction of sp³-hybridized carbons (Fsp3) is 0.417. The van der Waals surface area contributed by atoms with Crippen LogP contribution in [-0.4, -0.2) is 16.7 Å². The molecule has 1 aliphatic rings. The molecule has 1 fully saturated rings. The van der Waals surface area contributed by atoms with Gasteiger partial charge in [-0.05, 0) is 24.6 Å². The van der Waals surface area contributed by atoms with Crippen LogP contribution in [-0.2, 0) is 10.2 Å². The molecule has 4 heteroatoms. The zero-order chi connectivity index (χ0) is 12.0. The summed E-state index contributed by atoms with van der Waals surface area (Å²) in [5, 5.41) is 9.26. The van der Waals surface area contributed by atoms with Crippen LogP contribution >= 0.6 is 15.9 Å². The highest BCUT2D eigenvalue weighted by atomic mass is 79.9. The van der Waals surface area contributed by atoms with Gasteiger partial charge in [-0.2, -0.15) is 0 Å². The van der Waals surface area contributed by atoms with E-state index in [1.165, 1.54) is 6.92 Å². The lowest BCUT2D eigenvalue weighted by atomic mass is 9.57. The molecule has 1 N–H and O–H groups in total. The number of carbonyl (C=O) groups is 1. The van der Waals surface area contributed by atoms with Gasteiger partial charge in [-0.3, -0.25) is 4.79 Å². The van der Waals surface area contributed by atoms with E-state index in [1.54, 1.807) is 24.3 Å². The SMILES string of the molecule is CC1(F)CC(C(=O)O)(c2ccc(Br)cc2)C1. The fourth-order valence-corrected chi connectivity index (χ4v) is 2.72. The number of carboxylic acid groups (broad SMARTS) is 1. The van der Waals surface area contributed by atoms with Crippen LogP contribution in [0.5, 0.6) is 0 Å². The number of hydrogen-bond donors (Lipinski definition) is 1. The van der Waals surface area contributed by atoms with Crippen molar-refractivity contribution < 1.29 is 14.3 Å². The van der Waals surface area contributed by atoms with Gasteiger partial charge in [-0.1, -0.05) is 28.1 Å². The molecule has 0 aliphatic heterocycles. The number of hydrogen-bond acceptors (Lipinski definition) is 1. The van der Waals surface area contributed by atoms with E-state index in [-0.39, 0.29) is 12.8 Å². The van der Waals surface area contributed by atoms with Crippen molar-refractivity contribution in [3.63, 3.8) is 0 Å². The second kappa shape index (κ2) is 3.55. The molecule has 0 bridgehead atoms. The van der Waals surface area contributed by atoms with Crippen LogP contribution in [0.3, 0.4) is 0 Å². The van der Waals surface area contributed by atoms with Crippen LogP contribution < -0.4 is 0 Å². The number of aliphatic carboxylic acids is 1. The molecule has 16 heavy (non-hydrogen) atoms. The summed E-state index contributed by atoms with van der Waals surface area (Å²) in [5.41, 5.74) is -1.71. The quantitative estimate of drug-likeness (QED) is 0.906. The summed E-state index contributed by atoms with van der Waals surface area (Å²) in [5.74, 6) is -0.940. The molecule has 2 rings (SSSR count). The third kappa shape index (κ3) is 1.75. The molecule has 0 heterocycles. The van der Waals surface area contributed by atoms with Crippen LogP contribution in [0.15, 0.2) is 28.7 Å². The Morgan fingerprint density at radius 1 is 1.38 bits per heavy atom. The fourth-order valence-electron chi connectivity index (χ4n) is 2.45. The molecular formula is C12H12BrFO2. The number of alkyl halides is 1. The van der Waals surface area contributed by atoms with E-state index >= 15 is 0 Å². The van der Waals surface area contributed by atoms with E-state index < -0.39 is 17.1 Å². The minimum absolute atomic E-state index is 0.0525. The van der Waals surface area contributed by atoms with E-state index in [0.717, 1.165) is 4.47 Å². The Bertz CT molecular complexity index is 417. The average molecular weight is 287 g/mol. The van der Waals surface area contributed by atoms with Gasteiger partial charge >= 0.3 is 5.97 Å². The minimum Gasteiger partial charge on any atom is -0.481 e. The molecule has 1 aromatic carbocycles. The first-order valence-electron chi connectivity index (χ1n) is 5.04. The Labute approximate surface area is 102 Å². The number of rotatable bonds is 2. The van der Waals surface area contributed by atoms with Gasteiger partial charge in [0.05, 0.1) is 5.41 Å². The molecule has 2 nitrogen and oxygen atoms in total. The average Bonchev–Trinajstić information content (AvgIpc) is 2.14. The third-order valence-electron chi connectivity index (χ3n) is 3.15. The molecule has 0 unspecified atom stereocenters. The minimum atomic E-state index is -1.36. The Balaban J connectivity index is 2.36. The number of halogens is 2. The summed E-state index contributed by atoms with van der Waals surface area (Å²) in [4.78, 5) is 11.3.